The van der Waals surface area contributed by atoms with Gasteiger partial charge in [0.2, 0.25) is 5.91 Å². The summed E-state index contributed by atoms with van der Waals surface area (Å²) in [6, 6.07) is 20.3. The number of anilines is 1. The fourth-order valence-electron chi connectivity index (χ4n) is 3.02. The Balaban J connectivity index is 0.000000469. The van der Waals surface area contributed by atoms with Gasteiger partial charge < -0.3 is 20.4 Å². The van der Waals surface area contributed by atoms with Gasteiger partial charge in [0, 0.05) is 51.4 Å². The largest absolute Gasteiger partial charge is 0.473 e. The molecule has 0 aliphatic carbocycles. The molecule has 1 aliphatic rings. The first-order valence-electron chi connectivity index (χ1n) is 9.74. The van der Waals surface area contributed by atoms with E-state index in [1.54, 1.807) is 0 Å². The van der Waals surface area contributed by atoms with Crippen molar-refractivity contribution in [2.75, 3.05) is 38.0 Å². The third kappa shape index (κ3) is 8.85. The minimum atomic E-state index is -1.82. The third-order valence-electron chi connectivity index (χ3n) is 4.61. The number of carbonyl (C=O) groups excluding carboxylic acids is 1. The van der Waals surface area contributed by atoms with Crippen LogP contribution in [0.15, 0.2) is 60.7 Å². The molecule has 1 heterocycles. The molecule has 160 valence electrons. The Kier molecular flexibility index (Phi) is 9.50. The van der Waals surface area contributed by atoms with E-state index in [9.17, 15) is 4.79 Å². The van der Waals surface area contributed by atoms with Crippen LogP contribution in [0.25, 0.3) is 0 Å². The number of carboxylic acids is 2. The number of hydrogen-bond acceptors (Lipinski definition) is 5. The predicted octanol–water partition coefficient (Wildman–Crippen LogP) is 1.99. The van der Waals surface area contributed by atoms with Crippen molar-refractivity contribution in [3.05, 3.63) is 66.2 Å². The summed E-state index contributed by atoms with van der Waals surface area (Å²) >= 11 is 0. The molecule has 1 saturated heterocycles. The normalized spacial score (nSPS) is 14.3. The summed E-state index contributed by atoms with van der Waals surface area (Å²) in [5.74, 6) is -3.56. The Morgan fingerprint density at radius 3 is 1.80 bits per heavy atom. The summed E-state index contributed by atoms with van der Waals surface area (Å²) in [4.78, 5) is 35.1. The first kappa shape index (κ1) is 23.1. The molecule has 8 heteroatoms. The second-order valence-electron chi connectivity index (χ2n) is 6.88. The van der Waals surface area contributed by atoms with Crippen molar-refractivity contribution in [1.82, 2.24) is 9.80 Å². The van der Waals surface area contributed by atoms with Gasteiger partial charge in [-0.2, -0.15) is 0 Å². The van der Waals surface area contributed by atoms with Crippen molar-refractivity contribution in [3.8, 4) is 0 Å². The van der Waals surface area contributed by atoms with Crippen molar-refractivity contribution in [1.29, 1.82) is 0 Å². The van der Waals surface area contributed by atoms with E-state index in [0.717, 1.165) is 45.0 Å². The zero-order valence-electron chi connectivity index (χ0n) is 16.7. The molecule has 0 spiro atoms. The second-order valence-corrected chi connectivity index (χ2v) is 6.88. The van der Waals surface area contributed by atoms with E-state index in [1.807, 2.05) is 30.3 Å². The Hall–Kier alpha value is -3.23. The average Bonchev–Trinajstić information content (AvgIpc) is 2.75. The molecule has 3 rings (SSSR count). The minimum Gasteiger partial charge on any atom is -0.473 e. The van der Waals surface area contributed by atoms with Gasteiger partial charge in [0.05, 0.1) is 0 Å². The number of hydrogen-bond donors (Lipinski definition) is 3. The van der Waals surface area contributed by atoms with Crippen molar-refractivity contribution in [2.45, 2.75) is 13.0 Å². The summed E-state index contributed by atoms with van der Waals surface area (Å²) in [5.41, 5.74) is 2.24. The lowest BCUT2D eigenvalue weighted by Crippen LogP contribution is -2.46. The van der Waals surface area contributed by atoms with Gasteiger partial charge in [-0.1, -0.05) is 48.5 Å². The Labute approximate surface area is 175 Å². The van der Waals surface area contributed by atoms with Crippen LogP contribution in [0.1, 0.15) is 12.0 Å². The number of nitrogens with one attached hydrogen (secondary N) is 1. The molecular formula is C22H27N3O5. The van der Waals surface area contributed by atoms with Crippen molar-refractivity contribution in [2.24, 2.45) is 0 Å². The molecule has 1 amide bonds. The highest BCUT2D eigenvalue weighted by atomic mass is 16.4. The molecule has 0 aromatic heterocycles. The van der Waals surface area contributed by atoms with E-state index >= 15 is 0 Å². The lowest BCUT2D eigenvalue weighted by molar-refractivity contribution is -0.159. The van der Waals surface area contributed by atoms with Crippen LogP contribution < -0.4 is 5.32 Å². The monoisotopic (exact) mass is 413 g/mol. The van der Waals surface area contributed by atoms with Gasteiger partial charge in [-0.05, 0) is 17.7 Å². The zero-order chi connectivity index (χ0) is 21.8. The number of carboxylic acid groups (broad SMARTS) is 2. The average molecular weight is 413 g/mol. The van der Waals surface area contributed by atoms with Crippen LogP contribution >= 0.6 is 0 Å². The SMILES string of the molecule is O=C(CCN1CCN(Cc2ccccc2)CC1)Nc1ccccc1.O=C(O)C(=O)O. The number of para-hydroxylation sites is 1. The van der Waals surface area contributed by atoms with Crippen LogP contribution in [0.3, 0.4) is 0 Å². The second kappa shape index (κ2) is 12.4. The summed E-state index contributed by atoms with van der Waals surface area (Å²) in [7, 11) is 0. The first-order valence-corrected chi connectivity index (χ1v) is 9.74. The summed E-state index contributed by atoms with van der Waals surface area (Å²) in [6.45, 7) is 6.04. The molecule has 1 fully saturated rings. The number of nitrogens with zero attached hydrogens (tertiary/aromatic N) is 2. The summed E-state index contributed by atoms with van der Waals surface area (Å²) < 4.78 is 0. The van der Waals surface area contributed by atoms with E-state index in [1.165, 1.54) is 5.56 Å². The minimum absolute atomic E-state index is 0.0907. The molecule has 0 bridgehead atoms. The van der Waals surface area contributed by atoms with Crippen LogP contribution in [-0.2, 0) is 20.9 Å². The van der Waals surface area contributed by atoms with E-state index in [2.05, 4.69) is 45.4 Å². The maximum Gasteiger partial charge on any atom is 0.414 e. The maximum atomic E-state index is 12.0. The number of piperazine rings is 1. The molecule has 2 aromatic carbocycles. The van der Waals surface area contributed by atoms with Gasteiger partial charge in [-0.15, -0.1) is 0 Å². The highest BCUT2D eigenvalue weighted by Gasteiger charge is 2.17. The number of carbonyl (C=O) groups is 3. The smallest absolute Gasteiger partial charge is 0.414 e. The Morgan fingerprint density at radius 2 is 1.27 bits per heavy atom. The van der Waals surface area contributed by atoms with E-state index in [4.69, 9.17) is 19.8 Å². The maximum absolute atomic E-state index is 12.0. The molecule has 0 saturated carbocycles. The molecule has 3 N–H and O–H groups in total. The molecular weight excluding hydrogens is 386 g/mol. The van der Waals surface area contributed by atoms with E-state index < -0.39 is 11.9 Å². The molecule has 8 nitrogen and oxygen atoms in total. The topological polar surface area (TPSA) is 110 Å². The van der Waals surface area contributed by atoms with Crippen LogP contribution in [0, 0.1) is 0 Å². The zero-order valence-corrected chi connectivity index (χ0v) is 16.7. The van der Waals surface area contributed by atoms with E-state index in [0.29, 0.717) is 6.42 Å². The quantitative estimate of drug-likeness (QED) is 0.621. The molecule has 1 aliphatic heterocycles. The first-order chi connectivity index (χ1) is 14.4. The van der Waals surface area contributed by atoms with Crippen molar-refractivity contribution in [3.63, 3.8) is 0 Å². The highest BCUT2D eigenvalue weighted by molar-refractivity contribution is 6.27. The van der Waals surface area contributed by atoms with Gasteiger partial charge in [-0.25, -0.2) is 9.59 Å². The Morgan fingerprint density at radius 1 is 0.767 bits per heavy atom. The van der Waals surface area contributed by atoms with Gasteiger partial charge in [0.25, 0.3) is 0 Å². The molecule has 0 unspecified atom stereocenters. The molecule has 0 radical (unpaired) electrons. The van der Waals surface area contributed by atoms with Crippen molar-refractivity contribution >= 4 is 23.5 Å². The summed E-state index contributed by atoms with van der Waals surface area (Å²) in [6.07, 6.45) is 0.549. The van der Waals surface area contributed by atoms with Gasteiger partial charge >= 0.3 is 11.9 Å². The van der Waals surface area contributed by atoms with Crippen LogP contribution in [0.4, 0.5) is 5.69 Å². The van der Waals surface area contributed by atoms with Crippen LogP contribution in [-0.4, -0.2) is 70.6 Å². The highest BCUT2D eigenvalue weighted by Crippen LogP contribution is 2.09. The number of amides is 1. The lowest BCUT2D eigenvalue weighted by Gasteiger charge is -2.34. The molecule has 30 heavy (non-hydrogen) atoms. The van der Waals surface area contributed by atoms with Gasteiger partial charge in [0.1, 0.15) is 0 Å². The third-order valence-corrected chi connectivity index (χ3v) is 4.61. The number of benzene rings is 2. The molecule has 0 atom stereocenters. The standard InChI is InChI=1S/C20H25N3O.C2H2O4/c24-20(21-19-9-5-2-6-10-19)11-12-22-13-15-23(16-14-22)17-18-7-3-1-4-8-18;3-1(4)2(5)6/h1-10H,11-17H2,(H,21,24);(H,3,4)(H,5,6). The fourth-order valence-corrected chi connectivity index (χ4v) is 3.02. The van der Waals surface area contributed by atoms with Gasteiger partial charge in [-0.3, -0.25) is 9.69 Å². The van der Waals surface area contributed by atoms with Gasteiger partial charge in [0.15, 0.2) is 0 Å². The fraction of sp³-hybridized carbons (Fsp3) is 0.318. The van der Waals surface area contributed by atoms with Crippen molar-refractivity contribution < 1.29 is 24.6 Å². The summed E-state index contributed by atoms with van der Waals surface area (Å²) in [5, 5.41) is 17.7. The van der Waals surface area contributed by atoms with Crippen LogP contribution in [0.2, 0.25) is 0 Å². The van der Waals surface area contributed by atoms with E-state index in [-0.39, 0.29) is 5.91 Å². The lowest BCUT2D eigenvalue weighted by atomic mass is 10.2. The number of aliphatic carboxylic acids is 2. The predicted molar refractivity (Wildman–Crippen MR) is 113 cm³/mol. The Bertz CT molecular complexity index is 794. The van der Waals surface area contributed by atoms with Crippen LogP contribution in [0.5, 0.6) is 0 Å². The number of rotatable bonds is 6. The molecule has 2 aromatic rings.